The van der Waals surface area contributed by atoms with Gasteiger partial charge in [-0.2, -0.15) is 0 Å². The van der Waals surface area contributed by atoms with Crippen LogP contribution in [-0.2, 0) is 24.2 Å². The van der Waals surface area contributed by atoms with Gasteiger partial charge < -0.3 is 4.74 Å². The molecule has 6 nitrogen and oxygen atoms in total. The molecule has 8 heteroatoms. The lowest BCUT2D eigenvalue weighted by molar-refractivity contribution is -0.159. The number of amides is 1. The monoisotopic (exact) mass is 267 g/mol. The molecule has 2 atom stereocenters. The highest BCUT2D eigenvalue weighted by atomic mass is 35.5. The molecule has 16 heavy (non-hydrogen) atoms. The van der Waals surface area contributed by atoms with E-state index in [9.17, 15) is 18.0 Å². The number of rotatable bonds is 4. The van der Waals surface area contributed by atoms with E-state index in [1.165, 1.54) is 4.90 Å². The van der Waals surface area contributed by atoms with E-state index in [2.05, 4.69) is 0 Å². The van der Waals surface area contributed by atoms with Crippen molar-refractivity contribution in [2.24, 2.45) is 0 Å². The zero-order chi connectivity index (χ0) is 11.9. The standard InChI is InChI=1S/C8H10ClNO5S/c9-2-5(11)3-15-7-4-16(13,14)8-1-6(12)10(7)8/h7-8H,1-4H2/t7?,8-/m1/s1. The molecular weight excluding hydrogens is 258 g/mol. The van der Waals surface area contributed by atoms with Crippen molar-refractivity contribution in [3.05, 3.63) is 0 Å². The van der Waals surface area contributed by atoms with Gasteiger partial charge in [-0.15, -0.1) is 11.6 Å². The summed E-state index contributed by atoms with van der Waals surface area (Å²) in [4.78, 5) is 23.3. The summed E-state index contributed by atoms with van der Waals surface area (Å²) in [5.74, 6) is -1.01. The Morgan fingerprint density at radius 3 is 2.81 bits per heavy atom. The third-order valence-electron chi connectivity index (χ3n) is 2.63. The highest BCUT2D eigenvalue weighted by molar-refractivity contribution is 7.92. The molecule has 0 aromatic carbocycles. The number of halogens is 1. The van der Waals surface area contributed by atoms with Crippen LogP contribution < -0.4 is 0 Å². The first-order valence-corrected chi connectivity index (χ1v) is 6.92. The van der Waals surface area contributed by atoms with Crippen molar-refractivity contribution in [3.63, 3.8) is 0 Å². The van der Waals surface area contributed by atoms with Crippen molar-refractivity contribution in [1.82, 2.24) is 4.90 Å². The number of ether oxygens (including phenoxy) is 1. The second-order valence-electron chi connectivity index (χ2n) is 3.73. The van der Waals surface area contributed by atoms with Crippen molar-refractivity contribution in [2.45, 2.75) is 18.0 Å². The Balaban J connectivity index is 2.01. The molecule has 0 spiro atoms. The lowest BCUT2D eigenvalue weighted by atomic mass is 10.2. The van der Waals surface area contributed by atoms with Gasteiger partial charge in [-0.05, 0) is 0 Å². The third kappa shape index (κ3) is 1.83. The quantitative estimate of drug-likeness (QED) is 0.488. The van der Waals surface area contributed by atoms with Gasteiger partial charge in [0.25, 0.3) is 0 Å². The summed E-state index contributed by atoms with van der Waals surface area (Å²) in [6.07, 6.45) is -0.811. The number of sulfone groups is 1. The van der Waals surface area contributed by atoms with Gasteiger partial charge in [0, 0.05) is 0 Å². The second-order valence-corrected chi connectivity index (χ2v) is 6.20. The number of Topliss-reactive ketones (excluding diaryl/α,β-unsaturated/α-hetero) is 1. The van der Waals surface area contributed by atoms with E-state index >= 15 is 0 Å². The van der Waals surface area contributed by atoms with Crippen molar-refractivity contribution >= 4 is 33.1 Å². The van der Waals surface area contributed by atoms with E-state index in [4.69, 9.17) is 16.3 Å². The zero-order valence-electron chi connectivity index (χ0n) is 8.26. The van der Waals surface area contributed by atoms with Gasteiger partial charge >= 0.3 is 0 Å². The van der Waals surface area contributed by atoms with E-state index in [1.54, 1.807) is 0 Å². The van der Waals surface area contributed by atoms with Gasteiger partial charge in [-0.3, -0.25) is 14.5 Å². The molecule has 0 bridgehead atoms. The summed E-state index contributed by atoms with van der Waals surface area (Å²) in [5.41, 5.74) is 0. The number of hydrogen-bond donors (Lipinski definition) is 0. The van der Waals surface area contributed by atoms with Gasteiger partial charge in [0.05, 0.1) is 18.1 Å². The highest BCUT2D eigenvalue weighted by Gasteiger charge is 2.55. The average molecular weight is 268 g/mol. The predicted octanol–water partition coefficient (Wildman–Crippen LogP) is -0.876. The summed E-state index contributed by atoms with van der Waals surface area (Å²) in [5, 5.41) is -0.754. The fourth-order valence-electron chi connectivity index (χ4n) is 1.79. The molecule has 2 saturated heterocycles. The maximum absolute atomic E-state index is 11.5. The van der Waals surface area contributed by atoms with E-state index < -0.39 is 21.4 Å². The molecule has 1 amide bonds. The molecular formula is C8H10ClNO5S. The topological polar surface area (TPSA) is 80.8 Å². The number of nitrogens with zero attached hydrogens (tertiary/aromatic N) is 1. The van der Waals surface area contributed by atoms with E-state index in [0.717, 1.165) is 0 Å². The number of hydrogen-bond acceptors (Lipinski definition) is 5. The molecule has 0 aliphatic carbocycles. The molecule has 0 aromatic rings. The number of carbonyl (C=O) groups excluding carboxylic acids is 2. The normalized spacial score (nSPS) is 31.1. The van der Waals surface area contributed by atoms with Gasteiger partial charge in [0.1, 0.15) is 18.2 Å². The minimum absolute atomic E-state index is 0.0195. The summed E-state index contributed by atoms with van der Waals surface area (Å²) in [6, 6.07) is 0. The van der Waals surface area contributed by atoms with Crippen molar-refractivity contribution < 1.29 is 22.7 Å². The first-order chi connectivity index (χ1) is 7.45. The van der Waals surface area contributed by atoms with Crippen LogP contribution in [0.15, 0.2) is 0 Å². The summed E-state index contributed by atoms with van der Waals surface area (Å²) in [7, 11) is -3.29. The summed E-state index contributed by atoms with van der Waals surface area (Å²) >= 11 is 5.27. The van der Waals surface area contributed by atoms with Crippen LogP contribution >= 0.6 is 11.6 Å². The smallest absolute Gasteiger partial charge is 0.228 e. The van der Waals surface area contributed by atoms with Crippen LogP contribution in [0, 0.1) is 0 Å². The van der Waals surface area contributed by atoms with Gasteiger partial charge in [0.2, 0.25) is 5.91 Å². The molecule has 1 unspecified atom stereocenters. The minimum Gasteiger partial charge on any atom is -0.349 e. The fraction of sp³-hybridized carbons (Fsp3) is 0.750. The van der Waals surface area contributed by atoms with Crippen LogP contribution in [0.4, 0.5) is 0 Å². The molecule has 2 aliphatic heterocycles. The molecule has 0 radical (unpaired) electrons. The second kappa shape index (κ2) is 3.97. The lowest BCUT2D eigenvalue weighted by Gasteiger charge is -2.35. The summed E-state index contributed by atoms with van der Waals surface area (Å²) < 4.78 is 28.1. The Bertz CT molecular complexity index is 434. The lowest BCUT2D eigenvalue weighted by Crippen LogP contribution is -2.54. The first kappa shape index (κ1) is 11.8. The first-order valence-electron chi connectivity index (χ1n) is 4.67. The number of carbonyl (C=O) groups is 2. The Hall–Kier alpha value is -0.660. The SMILES string of the molecule is O=C(CCl)COC1CS(=O)(=O)[C@@H]2CC(=O)N12. The number of β-lactam (4-membered cyclic amide) rings is 1. The molecule has 90 valence electrons. The van der Waals surface area contributed by atoms with Crippen molar-refractivity contribution in [1.29, 1.82) is 0 Å². The molecule has 0 N–H and O–H groups in total. The minimum atomic E-state index is -3.29. The molecule has 2 aliphatic rings. The molecule has 2 fully saturated rings. The maximum Gasteiger partial charge on any atom is 0.228 e. The van der Waals surface area contributed by atoms with Crippen LogP contribution in [0.1, 0.15) is 6.42 Å². The Morgan fingerprint density at radius 1 is 1.56 bits per heavy atom. The number of fused-ring (bicyclic) bond motifs is 1. The van der Waals surface area contributed by atoms with Crippen molar-refractivity contribution in [2.75, 3.05) is 18.2 Å². The summed E-state index contributed by atoms with van der Waals surface area (Å²) in [6.45, 7) is -0.264. The number of alkyl halides is 1. The average Bonchev–Trinajstić information content (AvgIpc) is 2.41. The van der Waals surface area contributed by atoms with Gasteiger partial charge in [-0.1, -0.05) is 0 Å². The van der Waals surface area contributed by atoms with E-state index in [-0.39, 0.29) is 36.4 Å². The van der Waals surface area contributed by atoms with Gasteiger partial charge in [-0.25, -0.2) is 8.42 Å². The highest BCUT2D eigenvalue weighted by Crippen LogP contribution is 2.35. The third-order valence-corrected chi connectivity index (χ3v) is 4.90. The molecule has 2 heterocycles. The number of ketones is 1. The maximum atomic E-state index is 11.5. The Kier molecular flexibility index (Phi) is 2.93. The van der Waals surface area contributed by atoms with E-state index in [0.29, 0.717) is 0 Å². The van der Waals surface area contributed by atoms with Crippen LogP contribution in [-0.4, -0.2) is 54.8 Å². The van der Waals surface area contributed by atoms with Crippen LogP contribution in [0.2, 0.25) is 0 Å². The van der Waals surface area contributed by atoms with Crippen LogP contribution in [0.25, 0.3) is 0 Å². The Morgan fingerprint density at radius 2 is 2.25 bits per heavy atom. The fourth-order valence-corrected chi connectivity index (χ4v) is 3.74. The largest absolute Gasteiger partial charge is 0.349 e. The van der Waals surface area contributed by atoms with Crippen LogP contribution in [0.3, 0.4) is 0 Å². The zero-order valence-corrected chi connectivity index (χ0v) is 9.83. The predicted molar refractivity (Wildman–Crippen MR) is 54.5 cm³/mol. The molecule has 0 saturated carbocycles. The molecule has 2 rings (SSSR count). The van der Waals surface area contributed by atoms with Crippen LogP contribution in [0.5, 0.6) is 0 Å². The van der Waals surface area contributed by atoms with Crippen molar-refractivity contribution in [3.8, 4) is 0 Å². The van der Waals surface area contributed by atoms with Gasteiger partial charge in [0.15, 0.2) is 15.6 Å². The van der Waals surface area contributed by atoms with E-state index in [1.807, 2.05) is 0 Å². The Labute approximate surface area is 97.4 Å². The molecule has 0 aromatic heterocycles.